The maximum atomic E-state index is 11.0. The highest BCUT2D eigenvalue weighted by molar-refractivity contribution is 6.31. The minimum Gasteiger partial charge on any atom is -0.370 e. The first-order valence-corrected chi connectivity index (χ1v) is 6.04. The number of halogens is 1. The van der Waals surface area contributed by atoms with Crippen molar-refractivity contribution >= 4 is 23.0 Å². The zero-order chi connectivity index (χ0) is 14.0. The second-order valence-corrected chi connectivity index (χ2v) is 4.62. The fourth-order valence-corrected chi connectivity index (χ4v) is 2.05. The Hall–Kier alpha value is -2.08. The van der Waals surface area contributed by atoms with Gasteiger partial charge in [-0.25, -0.2) is 4.98 Å². The van der Waals surface area contributed by atoms with Gasteiger partial charge in [-0.3, -0.25) is 10.1 Å². The molecular weight excluding hydrogens is 268 g/mol. The number of aryl methyl sites for hydroxylation is 1. The standard InChI is InChI=1S/C12H13ClN4O2/c1-8(12-14-5-6-16(12)2)15-10-7-9(13)3-4-11(10)17(18)19/h3-8,15H,1-2H3. The monoisotopic (exact) mass is 280 g/mol. The molecule has 100 valence electrons. The fraction of sp³-hybridized carbons (Fsp3) is 0.250. The molecule has 2 rings (SSSR count). The van der Waals surface area contributed by atoms with E-state index in [2.05, 4.69) is 10.3 Å². The quantitative estimate of drug-likeness (QED) is 0.690. The normalized spacial score (nSPS) is 12.2. The number of hydrogen-bond donors (Lipinski definition) is 1. The number of anilines is 1. The molecular formula is C12H13ClN4O2. The maximum Gasteiger partial charge on any atom is 0.292 e. The zero-order valence-electron chi connectivity index (χ0n) is 10.5. The van der Waals surface area contributed by atoms with Crippen LogP contribution in [0.1, 0.15) is 18.8 Å². The van der Waals surface area contributed by atoms with Crippen LogP contribution in [0.5, 0.6) is 0 Å². The molecule has 7 heteroatoms. The smallest absolute Gasteiger partial charge is 0.292 e. The number of aromatic nitrogens is 2. The molecule has 6 nitrogen and oxygen atoms in total. The van der Waals surface area contributed by atoms with E-state index >= 15 is 0 Å². The molecule has 0 bridgehead atoms. The third kappa shape index (κ3) is 2.85. The Balaban J connectivity index is 2.30. The average Bonchev–Trinajstić information content (AvgIpc) is 2.75. The van der Waals surface area contributed by atoms with Crippen LogP contribution in [-0.2, 0) is 7.05 Å². The van der Waals surface area contributed by atoms with Gasteiger partial charge in [0, 0.05) is 30.5 Å². The van der Waals surface area contributed by atoms with Crippen molar-refractivity contribution in [1.82, 2.24) is 9.55 Å². The van der Waals surface area contributed by atoms with Crippen LogP contribution < -0.4 is 5.32 Å². The summed E-state index contributed by atoms with van der Waals surface area (Å²) < 4.78 is 1.86. The summed E-state index contributed by atoms with van der Waals surface area (Å²) in [5, 5.41) is 14.5. The summed E-state index contributed by atoms with van der Waals surface area (Å²) in [4.78, 5) is 14.7. The Bertz CT molecular complexity index is 612. The molecule has 0 saturated heterocycles. The molecule has 1 heterocycles. The molecule has 19 heavy (non-hydrogen) atoms. The molecule has 2 aromatic rings. The highest BCUT2D eigenvalue weighted by atomic mass is 35.5. The SMILES string of the molecule is CC(Nc1cc(Cl)ccc1[N+](=O)[O-])c1nccn1C. The van der Waals surface area contributed by atoms with Gasteiger partial charge in [0.1, 0.15) is 11.5 Å². The van der Waals surface area contributed by atoms with E-state index in [1.54, 1.807) is 12.3 Å². The van der Waals surface area contributed by atoms with Crippen molar-refractivity contribution < 1.29 is 4.92 Å². The van der Waals surface area contributed by atoms with Crippen molar-refractivity contribution in [2.24, 2.45) is 7.05 Å². The average molecular weight is 281 g/mol. The van der Waals surface area contributed by atoms with Crippen LogP contribution in [-0.4, -0.2) is 14.5 Å². The molecule has 1 aromatic heterocycles. The molecule has 1 aromatic carbocycles. The largest absolute Gasteiger partial charge is 0.370 e. The highest BCUT2D eigenvalue weighted by Gasteiger charge is 2.18. The summed E-state index contributed by atoms with van der Waals surface area (Å²) in [7, 11) is 1.87. The molecule has 0 aliphatic carbocycles. The summed E-state index contributed by atoms with van der Waals surface area (Å²) in [5.74, 6) is 0.786. The number of nitro benzene ring substituents is 1. The first-order chi connectivity index (χ1) is 8.99. The predicted molar refractivity (Wildman–Crippen MR) is 73.4 cm³/mol. The van der Waals surface area contributed by atoms with E-state index in [0.29, 0.717) is 10.7 Å². The Morgan fingerprint density at radius 2 is 2.26 bits per heavy atom. The van der Waals surface area contributed by atoms with E-state index in [4.69, 9.17) is 11.6 Å². The number of benzene rings is 1. The lowest BCUT2D eigenvalue weighted by Crippen LogP contribution is -2.12. The van der Waals surface area contributed by atoms with Crippen LogP contribution in [0.3, 0.4) is 0 Å². The minimum atomic E-state index is -0.441. The van der Waals surface area contributed by atoms with E-state index in [1.807, 2.05) is 24.7 Å². The van der Waals surface area contributed by atoms with Crippen LogP contribution in [0, 0.1) is 10.1 Å². The second kappa shape index (κ2) is 5.27. The van der Waals surface area contributed by atoms with Gasteiger partial charge in [0.2, 0.25) is 0 Å². The van der Waals surface area contributed by atoms with Crippen LogP contribution in [0.4, 0.5) is 11.4 Å². The summed E-state index contributed by atoms with van der Waals surface area (Å²) in [6, 6.07) is 4.25. The van der Waals surface area contributed by atoms with Crippen molar-refractivity contribution in [3.63, 3.8) is 0 Å². The molecule has 0 fully saturated rings. The minimum absolute atomic E-state index is 0.00883. The summed E-state index contributed by atoms with van der Waals surface area (Å²) in [6.07, 6.45) is 3.50. The topological polar surface area (TPSA) is 73.0 Å². The first kappa shape index (κ1) is 13.4. The van der Waals surface area contributed by atoms with Gasteiger partial charge in [-0.1, -0.05) is 11.6 Å². The molecule has 0 aliphatic heterocycles. The van der Waals surface area contributed by atoms with Gasteiger partial charge in [-0.2, -0.15) is 0 Å². The van der Waals surface area contributed by atoms with Crippen molar-refractivity contribution in [1.29, 1.82) is 0 Å². The van der Waals surface area contributed by atoms with Crippen LogP contribution in [0.15, 0.2) is 30.6 Å². The van der Waals surface area contributed by atoms with E-state index in [9.17, 15) is 10.1 Å². The Kier molecular flexibility index (Phi) is 3.71. The van der Waals surface area contributed by atoms with E-state index in [1.165, 1.54) is 12.1 Å². The third-order valence-electron chi connectivity index (χ3n) is 2.77. The number of nitrogens with zero attached hydrogens (tertiary/aromatic N) is 3. The number of hydrogen-bond acceptors (Lipinski definition) is 4. The Morgan fingerprint density at radius 3 is 2.84 bits per heavy atom. The van der Waals surface area contributed by atoms with Gasteiger partial charge in [-0.05, 0) is 19.1 Å². The van der Waals surface area contributed by atoms with Gasteiger partial charge < -0.3 is 9.88 Å². The Labute approximate surface area is 115 Å². The lowest BCUT2D eigenvalue weighted by Gasteiger charge is -2.15. The number of nitrogens with one attached hydrogen (secondary N) is 1. The molecule has 0 spiro atoms. The molecule has 0 amide bonds. The van der Waals surface area contributed by atoms with Gasteiger partial charge in [0.15, 0.2) is 0 Å². The zero-order valence-corrected chi connectivity index (χ0v) is 11.3. The van der Waals surface area contributed by atoms with Gasteiger partial charge in [0.05, 0.1) is 11.0 Å². The fourth-order valence-electron chi connectivity index (χ4n) is 1.88. The number of nitro groups is 1. The molecule has 1 unspecified atom stereocenters. The van der Waals surface area contributed by atoms with Crippen molar-refractivity contribution in [2.75, 3.05) is 5.32 Å². The second-order valence-electron chi connectivity index (χ2n) is 4.18. The third-order valence-corrected chi connectivity index (χ3v) is 3.01. The van der Waals surface area contributed by atoms with Gasteiger partial charge in [-0.15, -0.1) is 0 Å². The molecule has 0 radical (unpaired) electrons. The lowest BCUT2D eigenvalue weighted by atomic mass is 10.2. The predicted octanol–water partition coefficient (Wildman–Crippen LogP) is 3.15. The van der Waals surface area contributed by atoms with Crippen molar-refractivity contribution in [3.05, 3.63) is 51.6 Å². The lowest BCUT2D eigenvalue weighted by molar-refractivity contribution is -0.384. The summed E-state index contributed by atoms with van der Waals surface area (Å²) in [6.45, 7) is 1.88. The van der Waals surface area contributed by atoms with Gasteiger partial charge in [0.25, 0.3) is 5.69 Å². The van der Waals surface area contributed by atoms with Crippen LogP contribution >= 0.6 is 11.6 Å². The summed E-state index contributed by atoms with van der Waals surface area (Å²) >= 11 is 5.88. The van der Waals surface area contributed by atoms with Crippen molar-refractivity contribution in [3.8, 4) is 0 Å². The molecule has 0 aliphatic rings. The number of rotatable bonds is 4. The number of imidazole rings is 1. The van der Waals surface area contributed by atoms with Gasteiger partial charge >= 0.3 is 0 Å². The maximum absolute atomic E-state index is 11.0. The molecule has 0 saturated carbocycles. The van der Waals surface area contributed by atoms with Crippen molar-refractivity contribution in [2.45, 2.75) is 13.0 Å². The highest BCUT2D eigenvalue weighted by Crippen LogP contribution is 2.30. The molecule has 1 N–H and O–H groups in total. The van der Waals surface area contributed by atoms with E-state index in [-0.39, 0.29) is 11.7 Å². The van der Waals surface area contributed by atoms with E-state index in [0.717, 1.165) is 5.82 Å². The first-order valence-electron chi connectivity index (χ1n) is 5.66. The van der Waals surface area contributed by atoms with Crippen LogP contribution in [0.2, 0.25) is 5.02 Å². The van der Waals surface area contributed by atoms with E-state index < -0.39 is 4.92 Å². The Morgan fingerprint density at radius 1 is 1.53 bits per heavy atom. The molecule has 1 atom stereocenters. The summed E-state index contributed by atoms with van der Waals surface area (Å²) in [5.41, 5.74) is 0.374. The van der Waals surface area contributed by atoms with Crippen LogP contribution in [0.25, 0.3) is 0 Å².